The minimum atomic E-state index is -1.47. The molecule has 85 heavy (non-hydrogen) atoms. The highest BCUT2D eigenvalue weighted by atomic mass is 16.5. The Morgan fingerprint density at radius 3 is 2.46 bits per heavy atom. The van der Waals surface area contributed by atoms with Gasteiger partial charge in [-0.25, -0.2) is 0 Å². The number of hydrogen-bond acceptors (Lipinski definition) is 13. The van der Waals surface area contributed by atoms with Crippen LogP contribution in [0.5, 0.6) is 11.5 Å². The molecule has 9 aliphatic rings. The van der Waals surface area contributed by atoms with E-state index < -0.39 is 35.9 Å². The number of rotatable bonds is 16. The Hall–Kier alpha value is -5.50. The van der Waals surface area contributed by atoms with Crippen LogP contribution in [0, 0.1) is 64.6 Å². The lowest BCUT2D eigenvalue weighted by Crippen LogP contribution is -2.74. The van der Waals surface area contributed by atoms with Crippen LogP contribution in [0.25, 0.3) is 10.8 Å². The zero-order chi connectivity index (χ0) is 59.1. The van der Waals surface area contributed by atoms with Crippen molar-refractivity contribution in [3.8, 4) is 23.3 Å². The number of piperidine rings is 1. The fraction of sp³-hybridized carbons (Fsp3) is 0.606. The molecule has 0 amide bonds. The summed E-state index contributed by atoms with van der Waals surface area (Å²) in [6, 6.07) is 18.0. The van der Waals surface area contributed by atoms with Crippen molar-refractivity contribution in [2.24, 2.45) is 58.5 Å². The minimum absolute atomic E-state index is 0.00799. The van der Waals surface area contributed by atoms with E-state index in [-0.39, 0.29) is 126 Å². The molecule has 4 saturated carbocycles. The summed E-state index contributed by atoms with van der Waals surface area (Å²) in [6.45, 7) is 6.40. The van der Waals surface area contributed by atoms with Crippen LogP contribution in [0.4, 0.5) is 0 Å². The number of methoxy groups -OCH3 is 1. The standard InChI is InChI=1S/C71H91N5O9/c1-4-38-35-74-60(72)33-50(38)49(41-14-13-39-11-7-8-12-40(39)27-41)32-55(79)54(78)28-43-21-25-70(58(81)19-16-42-29-57(85-3)56(80)31-48(42)43)26-22-44(30-59(70)82)62-47(18-20-61(83)84)68-67-65(51(62)37-73-5-2)69-63-45(36-75-69)15-17-46-53(77)34-52(66(67)64(46)63)76-71(68)23-9-6-10-24-71/h7-8,11-14,27,29,31,33,36,43-44,46-47,49,51-52,54-55,59,61-62,64-68,73-76,78-80,82-84H,4-6,9-10,15-20,22-24,26,28,30,32,34-35,37,72H2,1-3H3. The number of carbonyl (C=O) groups excluding carboxylic acids is 2. The van der Waals surface area contributed by atoms with Gasteiger partial charge in [-0.15, -0.1) is 0 Å². The molecule has 5 fully saturated rings. The molecule has 17 unspecified atom stereocenters. The van der Waals surface area contributed by atoms with Crippen LogP contribution >= 0.6 is 0 Å². The van der Waals surface area contributed by atoms with Gasteiger partial charge in [-0.3, -0.25) is 9.59 Å². The number of aromatic amines is 1. The number of phenols is 1. The van der Waals surface area contributed by atoms with Crippen LogP contribution in [-0.2, 0) is 22.4 Å². The molecule has 0 bridgehead atoms. The topological polar surface area (TPSA) is 243 Å². The molecule has 2 aliphatic heterocycles. The van der Waals surface area contributed by atoms with Crippen molar-refractivity contribution in [3.05, 3.63) is 117 Å². The van der Waals surface area contributed by atoms with Crippen molar-refractivity contribution in [1.29, 1.82) is 0 Å². The molecule has 454 valence electrons. The number of phenolic OH excluding ortho intramolecular Hbond substituents is 1. The van der Waals surface area contributed by atoms with Gasteiger partial charge in [0.25, 0.3) is 0 Å². The lowest BCUT2D eigenvalue weighted by atomic mass is 9.38. The van der Waals surface area contributed by atoms with Gasteiger partial charge in [-0.2, -0.15) is 0 Å². The Morgan fingerprint density at radius 2 is 1.69 bits per heavy atom. The first-order chi connectivity index (χ1) is 41.1. The fourth-order valence-corrected chi connectivity index (χ4v) is 20.0. The summed E-state index contributed by atoms with van der Waals surface area (Å²) in [5, 5.41) is 84.8. The van der Waals surface area contributed by atoms with Crippen LogP contribution in [0.2, 0.25) is 0 Å². The molecule has 14 nitrogen and oxygen atoms in total. The summed E-state index contributed by atoms with van der Waals surface area (Å²) in [5.74, 6) is 8.28. The molecule has 1 saturated heterocycles. The van der Waals surface area contributed by atoms with Crippen molar-refractivity contribution >= 4 is 22.3 Å². The van der Waals surface area contributed by atoms with Gasteiger partial charge in [0.05, 0.1) is 31.2 Å². The number of ketones is 2. The molecular formula is C71H91N5O9. The third-order valence-electron chi connectivity index (χ3n) is 23.6. The SMILES string of the molecule is CCNCC1C2c3[nH]cc4c3C3C(CC4)C(=O)CC4NC5(CCCCC5)C(C(CCC(O)O)C1C1CCC5(C#CC(CC(O)C(O)CC(C6=C(CC)CNC(N)=C6)c6ccc7ccccc7c6)c6cc(O)c(OC)cc6CCC5=O)C(O)C1)C2C43. The highest BCUT2D eigenvalue weighted by Crippen LogP contribution is 2.71. The van der Waals surface area contributed by atoms with Gasteiger partial charge in [0, 0.05) is 72.4 Å². The lowest BCUT2D eigenvalue weighted by Gasteiger charge is -2.70. The van der Waals surface area contributed by atoms with Crippen molar-refractivity contribution in [1.82, 2.24) is 20.9 Å². The first kappa shape index (κ1) is 58.5. The van der Waals surface area contributed by atoms with Gasteiger partial charge in [0.15, 0.2) is 23.6 Å². The average molecular weight is 1160 g/mol. The van der Waals surface area contributed by atoms with E-state index in [0.29, 0.717) is 55.8 Å². The number of H-pyrrole nitrogens is 1. The van der Waals surface area contributed by atoms with E-state index in [1.807, 2.05) is 18.2 Å². The fourth-order valence-electron chi connectivity index (χ4n) is 20.0. The highest BCUT2D eigenvalue weighted by Gasteiger charge is 2.69. The number of aliphatic hydroxyl groups is 5. The number of dihydropyridines is 1. The maximum absolute atomic E-state index is 15.3. The zero-order valence-corrected chi connectivity index (χ0v) is 50.0. The molecular weight excluding hydrogens is 1070 g/mol. The quantitative estimate of drug-likeness (QED) is 0.0373. The molecule has 4 aromatic rings. The third-order valence-corrected chi connectivity index (χ3v) is 23.6. The van der Waals surface area contributed by atoms with Crippen LogP contribution < -0.4 is 26.4 Å². The molecule has 1 aromatic heterocycles. The summed E-state index contributed by atoms with van der Waals surface area (Å²) in [7, 11) is 1.49. The van der Waals surface area contributed by atoms with E-state index >= 15 is 4.79 Å². The van der Waals surface area contributed by atoms with Gasteiger partial charge < -0.3 is 62.0 Å². The largest absolute Gasteiger partial charge is 0.504 e. The van der Waals surface area contributed by atoms with Crippen LogP contribution in [0.15, 0.2) is 83.8 Å². The normalized spacial score (nSPS) is 33.8. The van der Waals surface area contributed by atoms with Crippen LogP contribution in [-0.4, -0.2) is 110 Å². The van der Waals surface area contributed by atoms with Gasteiger partial charge in [0.1, 0.15) is 11.2 Å². The number of nitrogens with two attached hydrogens (primary N) is 1. The van der Waals surface area contributed by atoms with E-state index in [4.69, 9.17) is 10.5 Å². The summed E-state index contributed by atoms with van der Waals surface area (Å²) in [4.78, 5) is 33.6. The smallest absolute Gasteiger partial charge is 0.160 e. The van der Waals surface area contributed by atoms with Crippen molar-refractivity contribution < 1.29 is 45.0 Å². The third kappa shape index (κ3) is 10.2. The maximum Gasteiger partial charge on any atom is 0.160 e. The Kier molecular flexibility index (Phi) is 16.2. The number of ether oxygens (including phenoxy) is 1. The lowest BCUT2D eigenvalue weighted by molar-refractivity contribution is -0.169. The van der Waals surface area contributed by atoms with Gasteiger partial charge in [-0.05, 0) is 206 Å². The second kappa shape index (κ2) is 23.5. The Balaban J connectivity index is 0.859. The summed E-state index contributed by atoms with van der Waals surface area (Å²) in [5.41, 5.74) is 13.5. The van der Waals surface area contributed by atoms with Crippen LogP contribution in [0.1, 0.15) is 174 Å². The van der Waals surface area contributed by atoms with Gasteiger partial charge in [0.2, 0.25) is 0 Å². The molecule has 3 heterocycles. The molecule has 2 spiro atoms. The predicted molar refractivity (Wildman–Crippen MR) is 327 cm³/mol. The Bertz CT molecular complexity index is 3310. The first-order valence-electron chi connectivity index (χ1n) is 32.6. The summed E-state index contributed by atoms with van der Waals surface area (Å²) in [6.07, 6.45) is 10.4. The average Bonchev–Trinajstić information content (AvgIpc) is 1.64. The number of hydrogen-bond donors (Lipinski definition) is 11. The molecule has 0 radical (unpaired) electrons. The molecule has 7 aliphatic carbocycles. The maximum atomic E-state index is 15.3. The molecule has 12 N–H and O–H groups in total. The molecule has 14 heteroatoms. The monoisotopic (exact) mass is 1160 g/mol. The van der Waals surface area contributed by atoms with E-state index in [1.54, 1.807) is 12.1 Å². The van der Waals surface area contributed by atoms with Gasteiger partial charge >= 0.3 is 0 Å². The second-order valence-corrected chi connectivity index (χ2v) is 27.5. The minimum Gasteiger partial charge on any atom is -0.504 e. The van der Waals surface area contributed by atoms with Crippen molar-refractivity contribution in [2.45, 2.75) is 189 Å². The second-order valence-electron chi connectivity index (χ2n) is 27.5. The van der Waals surface area contributed by atoms with E-state index in [1.165, 1.54) is 35.9 Å². The number of benzene rings is 3. The summed E-state index contributed by atoms with van der Waals surface area (Å²) < 4.78 is 5.63. The number of Topliss-reactive ketones (excluding diaryl/α,β-unsaturated/α-hetero) is 2. The number of aromatic nitrogens is 1. The predicted octanol–water partition coefficient (Wildman–Crippen LogP) is 8.53. The number of aryl methyl sites for hydroxylation is 2. The van der Waals surface area contributed by atoms with Crippen molar-refractivity contribution in [2.75, 3.05) is 26.7 Å². The van der Waals surface area contributed by atoms with Gasteiger partial charge in [-0.1, -0.05) is 87.4 Å². The Labute approximate surface area is 501 Å². The van der Waals surface area contributed by atoms with E-state index in [0.717, 1.165) is 85.5 Å². The molecule has 17 atom stereocenters. The highest BCUT2D eigenvalue weighted by molar-refractivity contribution is 5.89. The van der Waals surface area contributed by atoms with E-state index in [2.05, 4.69) is 83.2 Å². The van der Waals surface area contributed by atoms with E-state index in [9.17, 15) is 35.4 Å². The first-order valence-corrected chi connectivity index (χ1v) is 32.6. The Morgan fingerprint density at radius 1 is 0.882 bits per heavy atom. The number of carbonyl (C=O) groups is 2. The molecule has 13 rings (SSSR count). The number of allylic oxidation sites excluding steroid dienone is 2. The number of nitrogens with one attached hydrogen (secondary N) is 4. The molecule has 3 aromatic carbocycles. The summed E-state index contributed by atoms with van der Waals surface area (Å²) >= 11 is 0. The number of aliphatic hydroxyl groups excluding tert-OH is 4. The van der Waals surface area contributed by atoms with Crippen LogP contribution in [0.3, 0.4) is 0 Å². The van der Waals surface area contributed by atoms with Crippen molar-refractivity contribution in [3.63, 3.8) is 0 Å². The number of fused-ring (bicyclic) bond motifs is 4. The number of aromatic hydroxyl groups is 1. The zero-order valence-electron chi connectivity index (χ0n) is 50.0.